The van der Waals surface area contributed by atoms with E-state index in [9.17, 15) is 14.7 Å². The summed E-state index contributed by atoms with van der Waals surface area (Å²) in [6, 6.07) is 16.5. The number of methoxy groups -OCH3 is 1. The van der Waals surface area contributed by atoms with Crippen LogP contribution in [0.1, 0.15) is 48.4 Å². The van der Waals surface area contributed by atoms with Gasteiger partial charge in [-0.3, -0.25) is 9.48 Å². The van der Waals surface area contributed by atoms with Crippen LogP contribution in [0.4, 0.5) is 0 Å². The maximum Gasteiger partial charge on any atom is 0.333 e. The molecule has 1 heterocycles. The number of aryl methyl sites for hydroxylation is 1. The second-order valence-electron chi connectivity index (χ2n) is 8.39. The van der Waals surface area contributed by atoms with Gasteiger partial charge in [-0.05, 0) is 50.1 Å². The van der Waals surface area contributed by atoms with E-state index in [-0.39, 0.29) is 18.4 Å². The maximum atomic E-state index is 13.0. The van der Waals surface area contributed by atoms with Gasteiger partial charge >= 0.3 is 5.97 Å². The molecule has 3 rings (SSSR count). The number of ether oxygens (including phenoxy) is 2. The van der Waals surface area contributed by atoms with Gasteiger partial charge in [0, 0.05) is 19.0 Å². The third-order valence-electron chi connectivity index (χ3n) is 5.42. The van der Waals surface area contributed by atoms with Crippen molar-refractivity contribution in [2.45, 2.75) is 45.4 Å². The summed E-state index contributed by atoms with van der Waals surface area (Å²) in [5, 5.41) is 16.8. The number of nitrogens with zero attached hydrogens (tertiary/aromatic N) is 2. The second kappa shape index (κ2) is 11.0. The van der Waals surface area contributed by atoms with Crippen LogP contribution in [0.3, 0.4) is 0 Å². The van der Waals surface area contributed by atoms with Gasteiger partial charge in [-0.15, -0.1) is 0 Å². The molecule has 34 heavy (non-hydrogen) atoms. The number of carboxylic acid groups (broad SMARTS) is 1. The number of carbonyl (C=O) groups excluding carboxylic acids is 1. The van der Waals surface area contributed by atoms with Crippen molar-refractivity contribution in [2.75, 3.05) is 7.11 Å². The fraction of sp³-hybridized carbons (Fsp3) is 0.346. The van der Waals surface area contributed by atoms with E-state index in [4.69, 9.17) is 9.47 Å². The Bertz CT molecular complexity index is 1140. The van der Waals surface area contributed by atoms with Crippen molar-refractivity contribution in [1.82, 2.24) is 15.1 Å². The number of hydrogen-bond acceptors (Lipinski definition) is 5. The molecule has 0 aliphatic heterocycles. The Morgan fingerprint density at radius 1 is 1.09 bits per heavy atom. The lowest BCUT2D eigenvalue weighted by atomic mass is 10.00. The van der Waals surface area contributed by atoms with Crippen molar-refractivity contribution < 1.29 is 24.2 Å². The van der Waals surface area contributed by atoms with Crippen molar-refractivity contribution in [1.29, 1.82) is 0 Å². The third kappa shape index (κ3) is 6.02. The van der Waals surface area contributed by atoms with Crippen molar-refractivity contribution in [2.24, 2.45) is 7.05 Å². The van der Waals surface area contributed by atoms with E-state index in [1.807, 2.05) is 43.3 Å². The average molecular weight is 466 g/mol. The summed E-state index contributed by atoms with van der Waals surface area (Å²) >= 11 is 0. The van der Waals surface area contributed by atoms with Crippen molar-refractivity contribution >= 4 is 11.9 Å². The highest BCUT2D eigenvalue weighted by Gasteiger charge is 2.23. The molecule has 0 bridgehead atoms. The second-order valence-corrected chi connectivity index (χ2v) is 8.39. The zero-order chi connectivity index (χ0) is 24.8. The average Bonchev–Trinajstić information content (AvgIpc) is 3.20. The molecular formula is C26H31N3O5. The maximum absolute atomic E-state index is 13.0. The minimum Gasteiger partial charge on any atom is -0.496 e. The van der Waals surface area contributed by atoms with Crippen LogP contribution in [0.15, 0.2) is 54.6 Å². The molecule has 0 radical (unpaired) electrons. The molecule has 180 valence electrons. The summed E-state index contributed by atoms with van der Waals surface area (Å²) in [6.07, 6.45) is -0.974. The van der Waals surface area contributed by atoms with Gasteiger partial charge in [0.05, 0.1) is 24.9 Å². The zero-order valence-electron chi connectivity index (χ0n) is 20.1. The van der Waals surface area contributed by atoms with Crippen LogP contribution in [0.5, 0.6) is 5.75 Å². The van der Waals surface area contributed by atoms with Crippen LogP contribution in [-0.4, -0.2) is 46.1 Å². The van der Waals surface area contributed by atoms with Crippen LogP contribution in [0.2, 0.25) is 0 Å². The van der Waals surface area contributed by atoms with Crippen molar-refractivity contribution in [3.05, 3.63) is 71.4 Å². The number of benzene rings is 2. The molecule has 0 saturated carbocycles. The molecule has 8 nitrogen and oxygen atoms in total. The van der Waals surface area contributed by atoms with E-state index in [2.05, 4.69) is 10.4 Å². The van der Waals surface area contributed by atoms with Crippen LogP contribution in [-0.2, 0) is 23.0 Å². The number of hydrogen-bond donors (Lipinski definition) is 2. The molecule has 2 unspecified atom stereocenters. The summed E-state index contributed by atoms with van der Waals surface area (Å²) < 4.78 is 12.7. The SMILES string of the molecule is COc1ccc(CC(OC(C)C)C(=O)O)cc1C(C)NC(=O)c1cc(-c2ccccc2)n(C)n1. The van der Waals surface area contributed by atoms with Gasteiger partial charge in [0.25, 0.3) is 5.91 Å². The van der Waals surface area contributed by atoms with Crippen LogP contribution >= 0.6 is 0 Å². The first kappa shape index (κ1) is 25.0. The first-order valence-electron chi connectivity index (χ1n) is 11.1. The molecule has 1 amide bonds. The molecule has 8 heteroatoms. The molecule has 0 aliphatic rings. The normalized spacial score (nSPS) is 12.9. The molecule has 2 atom stereocenters. The lowest BCUT2D eigenvalue weighted by Gasteiger charge is -2.20. The smallest absolute Gasteiger partial charge is 0.333 e. The molecule has 0 saturated heterocycles. The minimum atomic E-state index is -1.02. The standard InChI is InChI=1S/C26H31N3O5/c1-16(2)34-24(26(31)32)14-18-11-12-23(33-5)20(13-18)17(3)27-25(30)21-15-22(29(4)28-21)19-9-7-6-8-10-19/h6-13,15-17,24H,14H2,1-5H3,(H,27,30)(H,31,32). The highest BCUT2D eigenvalue weighted by Crippen LogP contribution is 2.28. The molecule has 1 aromatic heterocycles. The van der Waals surface area contributed by atoms with E-state index < -0.39 is 18.1 Å². The molecule has 2 N–H and O–H groups in total. The van der Waals surface area contributed by atoms with Gasteiger partial charge in [0.15, 0.2) is 11.8 Å². The largest absolute Gasteiger partial charge is 0.496 e. The summed E-state index contributed by atoms with van der Waals surface area (Å²) in [6.45, 7) is 5.45. The summed E-state index contributed by atoms with van der Waals surface area (Å²) in [7, 11) is 3.35. The summed E-state index contributed by atoms with van der Waals surface area (Å²) in [4.78, 5) is 24.6. The fourth-order valence-electron chi connectivity index (χ4n) is 3.79. The van der Waals surface area contributed by atoms with Crippen molar-refractivity contribution in [3.63, 3.8) is 0 Å². The highest BCUT2D eigenvalue weighted by atomic mass is 16.5. The lowest BCUT2D eigenvalue weighted by molar-refractivity contribution is -0.153. The first-order valence-corrected chi connectivity index (χ1v) is 11.1. The number of aromatic nitrogens is 2. The third-order valence-corrected chi connectivity index (χ3v) is 5.42. The number of carboxylic acids is 1. The van der Waals surface area contributed by atoms with E-state index >= 15 is 0 Å². The Morgan fingerprint density at radius 2 is 1.79 bits per heavy atom. The van der Waals surface area contributed by atoms with Gasteiger partial charge in [-0.1, -0.05) is 36.4 Å². The minimum absolute atomic E-state index is 0.200. The molecular weight excluding hydrogens is 434 g/mol. The predicted octanol–water partition coefficient (Wildman–Crippen LogP) is 4.01. The fourth-order valence-corrected chi connectivity index (χ4v) is 3.79. The van der Waals surface area contributed by atoms with Crippen LogP contribution in [0.25, 0.3) is 11.3 Å². The van der Waals surface area contributed by atoms with E-state index in [1.54, 1.807) is 50.9 Å². The first-order chi connectivity index (χ1) is 16.2. The number of carbonyl (C=O) groups is 2. The highest BCUT2D eigenvalue weighted by molar-refractivity contribution is 5.93. The Labute approximate surface area is 199 Å². The lowest BCUT2D eigenvalue weighted by Crippen LogP contribution is -2.29. The van der Waals surface area contributed by atoms with Crippen LogP contribution in [0, 0.1) is 0 Å². The van der Waals surface area contributed by atoms with Gasteiger partial charge in [-0.25, -0.2) is 4.79 Å². The number of aliphatic carboxylic acids is 1. The van der Waals surface area contributed by atoms with E-state index in [0.29, 0.717) is 11.4 Å². The van der Waals surface area contributed by atoms with Gasteiger partial charge < -0.3 is 19.9 Å². The molecule has 0 fully saturated rings. The Balaban J connectivity index is 1.80. The van der Waals surface area contributed by atoms with E-state index in [1.165, 1.54) is 0 Å². The Morgan fingerprint density at radius 3 is 2.41 bits per heavy atom. The van der Waals surface area contributed by atoms with Gasteiger partial charge in [0.1, 0.15) is 5.75 Å². The number of rotatable bonds is 10. The summed E-state index contributed by atoms with van der Waals surface area (Å²) in [5.41, 5.74) is 3.62. The summed E-state index contributed by atoms with van der Waals surface area (Å²) in [5.74, 6) is -0.736. The topological polar surface area (TPSA) is 103 Å². The van der Waals surface area contributed by atoms with Gasteiger partial charge in [0.2, 0.25) is 0 Å². The number of amides is 1. The van der Waals surface area contributed by atoms with Crippen molar-refractivity contribution in [3.8, 4) is 17.0 Å². The van der Waals surface area contributed by atoms with Crippen LogP contribution < -0.4 is 10.1 Å². The zero-order valence-corrected chi connectivity index (χ0v) is 20.1. The van der Waals surface area contributed by atoms with E-state index in [0.717, 1.165) is 22.4 Å². The molecule has 2 aromatic carbocycles. The van der Waals surface area contributed by atoms with Gasteiger partial charge in [-0.2, -0.15) is 5.10 Å². The molecule has 3 aromatic rings. The number of nitrogens with one attached hydrogen (secondary N) is 1. The molecule has 0 aliphatic carbocycles. The Hall–Kier alpha value is -3.65. The Kier molecular flexibility index (Phi) is 8.07. The predicted molar refractivity (Wildman–Crippen MR) is 129 cm³/mol. The quantitative estimate of drug-likeness (QED) is 0.469. The molecule has 0 spiro atoms. The monoisotopic (exact) mass is 465 g/mol.